The van der Waals surface area contributed by atoms with Crippen LogP contribution in [-0.4, -0.2) is 57.5 Å². The highest BCUT2D eigenvalue weighted by atomic mass is 32.2. The number of thioether (sulfide) groups is 1. The minimum absolute atomic E-state index is 0.344. The monoisotopic (exact) mass is 309 g/mol. The van der Waals surface area contributed by atoms with E-state index < -0.39 is 14.6 Å². The maximum Gasteiger partial charge on any atom is 0.191 e. The average molecular weight is 310 g/mol. The Bertz CT molecular complexity index is 378. The molecule has 0 spiro atoms. The smallest absolute Gasteiger partial charge is 0.191 e. The highest BCUT2D eigenvalue weighted by molar-refractivity contribution is 7.98. The topological polar surface area (TPSA) is 70.6 Å². The molecular weight excluding hydrogens is 282 g/mol. The molecule has 0 bridgehead atoms. The van der Waals surface area contributed by atoms with Gasteiger partial charge in [0.25, 0.3) is 0 Å². The summed E-state index contributed by atoms with van der Waals surface area (Å²) in [5.74, 6) is 1.82. The van der Waals surface area contributed by atoms with E-state index in [1.807, 2.05) is 11.8 Å². The third-order valence-corrected chi connectivity index (χ3v) is 5.83. The van der Waals surface area contributed by atoms with Gasteiger partial charge in [-0.3, -0.25) is 4.99 Å². The molecule has 0 amide bonds. The molecule has 0 fully saturated rings. The van der Waals surface area contributed by atoms with Crippen molar-refractivity contribution in [2.24, 2.45) is 4.99 Å². The van der Waals surface area contributed by atoms with E-state index >= 15 is 0 Å². The Labute approximate surface area is 121 Å². The summed E-state index contributed by atoms with van der Waals surface area (Å²) in [6.45, 7) is 4.61. The van der Waals surface area contributed by atoms with Crippen LogP contribution < -0.4 is 10.6 Å². The molecule has 2 N–H and O–H groups in total. The van der Waals surface area contributed by atoms with Crippen LogP contribution in [0.5, 0.6) is 0 Å². The van der Waals surface area contributed by atoms with Crippen molar-refractivity contribution in [3.63, 3.8) is 0 Å². The zero-order valence-corrected chi connectivity index (χ0v) is 14.2. The summed E-state index contributed by atoms with van der Waals surface area (Å²) in [6.07, 6.45) is 5.60. The van der Waals surface area contributed by atoms with Crippen LogP contribution in [0.15, 0.2) is 4.99 Å². The van der Waals surface area contributed by atoms with E-state index in [2.05, 4.69) is 21.9 Å². The Morgan fingerprint density at radius 2 is 1.89 bits per heavy atom. The lowest BCUT2D eigenvalue weighted by Crippen LogP contribution is -2.47. The molecule has 0 aromatic carbocycles. The number of guanidine groups is 1. The first-order chi connectivity index (χ1) is 8.74. The van der Waals surface area contributed by atoms with Crippen LogP contribution in [-0.2, 0) is 9.84 Å². The summed E-state index contributed by atoms with van der Waals surface area (Å²) in [5, 5.41) is 6.25. The first-order valence-corrected chi connectivity index (χ1v) is 9.66. The number of rotatable bonds is 8. The molecule has 19 heavy (non-hydrogen) atoms. The van der Waals surface area contributed by atoms with E-state index in [9.17, 15) is 8.42 Å². The average Bonchev–Trinajstić information content (AvgIpc) is 2.31. The number of hydrogen-bond acceptors (Lipinski definition) is 4. The van der Waals surface area contributed by atoms with Crippen molar-refractivity contribution >= 4 is 27.6 Å². The van der Waals surface area contributed by atoms with Gasteiger partial charge in [-0.2, -0.15) is 11.8 Å². The van der Waals surface area contributed by atoms with Crippen molar-refractivity contribution in [1.82, 2.24) is 10.6 Å². The third-order valence-electron chi connectivity index (χ3n) is 2.98. The van der Waals surface area contributed by atoms with E-state index in [0.717, 1.165) is 18.7 Å². The van der Waals surface area contributed by atoms with Crippen LogP contribution in [0.1, 0.15) is 26.7 Å². The highest BCUT2D eigenvalue weighted by Crippen LogP contribution is 2.13. The van der Waals surface area contributed by atoms with Crippen molar-refractivity contribution in [3.05, 3.63) is 0 Å². The Kier molecular flexibility index (Phi) is 8.49. The second-order valence-electron chi connectivity index (χ2n) is 5.08. The number of sulfone groups is 1. The minimum Gasteiger partial charge on any atom is -0.356 e. The normalized spacial score (nSPS) is 13.4. The van der Waals surface area contributed by atoms with Crippen LogP contribution in [0.3, 0.4) is 0 Å². The zero-order valence-electron chi connectivity index (χ0n) is 12.6. The molecule has 0 radical (unpaired) electrons. The quantitative estimate of drug-likeness (QED) is 0.399. The molecule has 0 aliphatic heterocycles. The summed E-state index contributed by atoms with van der Waals surface area (Å²) in [4.78, 5) is 4.09. The van der Waals surface area contributed by atoms with Crippen molar-refractivity contribution in [2.45, 2.75) is 31.4 Å². The lowest BCUT2D eigenvalue weighted by Gasteiger charge is -2.24. The van der Waals surface area contributed by atoms with Crippen LogP contribution in [0.2, 0.25) is 0 Å². The standard InChI is InChI=1S/C12H27N3O2S2/c1-12(2,19(5,16)17)10-15-11(13-3)14-8-6-7-9-18-4/h6-10H2,1-5H3,(H2,13,14,15). The van der Waals surface area contributed by atoms with Gasteiger partial charge in [-0.25, -0.2) is 8.42 Å². The molecule has 0 rings (SSSR count). The van der Waals surface area contributed by atoms with Gasteiger partial charge in [0.05, 0.1) is 4.75 Å². The summed E-state index contributed by atoms with van der Waals surface area (Å²) in [5.41, 5.74) is 0. The van der Waals surface area contributed by atoms with Crippen LogP contribution in [0, 0.1) is 0 Å². The Morgan fingerprint density at radius 3 is 2.37 bits per heavy atom. The van der Waals surface area contributed by atoms with Gasteiger partial charge in [-0.05, 0) is 38.7 Å². The molecule has 0 aliphatic rings. The fraction of sp³-hybridized carbons (Fsp3) is 0.917. The van der Waals surface area contributed by atoms with Crippen molar-refractivity contribution in [3.8, 4) is 0 Å². The predicted octanol–water partition coefficient (Wildman–Crippen LogP) is 1.12. The van der Waals surface area contributed by atoms with Gasteiger partial charge >= 0.3 is 0 Å². The van der Waals surface area contributed by atoms with Crippen LogP contribution in [0.4, 0.5) is 0 Å². The maximum atomic E-state index is 11.6. The van der Waals surface area contributed by atoms with Gasteiger partial charge in [0, 0.05) is 26.4 Å². The van der Waals surface area contributed by atoms with E-state index in [0.29, 0.717) is 12.5 Å². The number of unbranched alkanes of at least 4 members (excludes halogenated alkanes) is 1. The molecular formula is C12H27N3O2S2. The molecule has 5 nitrogen and oxygen atoms in total. The third kappa shape index (κ3) is 7.67. The van der Waals surface area contributed by atoms with Gasteiger partial charge in [0.15, 0.2) is 15.8 Å². The van der Waals surface area contributed by atoms with Gasteiger partial charge in [0.1, 0.15) is 0 Å². The van der Waals surface area contributed by atoms with Gasteiger partial charge < -0.3 is 10.6 Å². The number of hydrogen-bond donors (Lipinski definition) is 2. The molecule has 7 heteroatoms. The van der Waals surface area contributed by atoms with E-state index in [4.69, 9.17) is 0 Å². The maximum absolute atomic E-state index is 11.6. The zero-order chi connectivity index (χ0) is 14.9. The fourth-order valence-electron chi connectivity index (χ4n) is 1.23. The summed E-state index contributed by atoms with van der Waals surface area (Å²) in [7, 11) is -1.40. The second kappa shape index (κ2) is 8.68. The molecule has 0 saturated carbocycles. The molecule has 0 aliphatic carbocycles. The molecule has 0 aromatic heterocycles. The second-order valence-corrected chi connectivity index (χ2v) is 8.72. The molecule has 0 atom stereocenters. The van der Waals surface area contributed by atoms with Crippen LogP contribution >= 0.6 is 11.8 Å². The lowest BCUT2D eigenvalue weighted by atomic mass is 10.2. The fourth-order valence-corrected chi connectivity index (χ4v) is 2.05. The van der Waals surface area contributed by atoms with E-state index in [1.54, 1.807) is 20.9 Å². The van der Waals surface area contributed by atoms with E-state index in [1.165, 1.54) is 12.7 Å². The summed E-state index contributed by atoms with van der Waals surface area (Å²) in [6, 6.07) is 0. The Morgan fingerprint density at radius 1 is 1.26 bits per heavy atom. The van der Waals surface area contributed by atoms with Crippen molar-refractivity contribution in [2.75, 3.05) is 38.4 Å². The van der Waals surface area contributed by atoms with Gasteiger partial charge in [-0.1, -0.05) is 0 Å². The summed E-state index contributed by atoms with van der Waals surface area (Å²) < 4.78 is 22.4. The van der Waals surface area contributed by atoms with Crippen molar-refractivity contribution in [1.29, 1.82) is 0 Å². The molecule has 114 valence electrons. The number of nitrogens with zero attached hydrogens (tertiary/aromatic N) is 1. The Hall–Kier alpha value is -0.430. The lowest BCUT2D eigenvalue weighted by molar-refractivity contribution is 0.544. The van der Waals surface area contributed by atoms with Gasteiger partial charge in [0.2, 0.25) is 0 Å². The van der Waals surface area contributed by atoms with Gasteiger partial charge in [-0.15, -0.1) is 0 Å². The number of nitrogens with one attached hydrogen (secondary N) is 2. The first-order valence-electron chi connectivity index (χ1n) is 6.37. The predicted molar refractivity (Wildman–Crippen MR) is 85.9 cm³/mol. The first kappa shape index (κ1) is 18.6. The molecule has 0 unspecified atom stereocenters. The highest BCUT2D eigenvalue weighted by Gasteiger charge is 2.30. The SMILES string of the molecule is CN=C(NCCCCSC)NCC(C)(C)S(C)(=O)=O. The molecule has 0 heterocycles. The Balaban J connectivity index is 4.09. The van der Waals surface area contributed by atoms with Crippen LogP contribution in [0.25, 0.3) is 0 Å². The largest absolute Gasteiger partial charge is 0.356 e. The minimum atomic E-state index is -3.09. The molecule has 0 aromatic rings. The van der Waals surface area contributed by atoms with Crippen molar-refractivity contribution < 1.29 is 8.42 Å². The number of aliphatic imine (C=N–C) groups is 1. The molecule has 0 saturated heterocycles. The van der Waals surface area contributed by atoms with E-state index in [-0.39, 0.29) is 0 Å². The summed E-state index contributed by atoms with van der Waals surface area (Å²) >= 11 is 1.84.